The molecule has 0 atom stereocenters. The van der Waals surface area contributed by atoms with E-state index >= 15 is 0 Å². The van der Waals surface area contributed by atoms with Gasteiger partial charge in [0.15, 0.2) is 0 Å². The summed E-state index contributed by atoms with van der Waals surface area (Å²) in [5, 5.41) is 13.4. The normalized spacial score (nSPS) is 13.9. The van der Waals surface area contributed by atoms with Gasteiger partial charge in [0.05, 0.1) is 10.7 Å². The fraction of sp³-hybridized carbons (Fsp3) is 0.500. The Balaban J connectivity index is 1.62. The van der Waals surface area contributed by atoms with Crippen molar-refractivity contribution >= 4 is 23.3 Å². The lowest BCUT2D eigenvalue weighted by Crippen LogP contribution is -2.26. The number of hydrogen-bond acceptors (Lipinski definition) is 4. The highest BCUT2D eigenvalue weighted by Crippen LogP contribution is 2.26. The van der Waals surface area contributed by atoms with Gasteiger partial charge in [-0.25, -0.2) is 4.98 Å². The summed E-state index contributed by atoms with van der Waals surface area (Å²) < 4.78 is 2.23. The van der Waals surface area contributed by atoms with Crippen molar-refractivity contribution in [2.45, 2.75) is 65.8 Å². The number of aryl methyl sites for hydroxylation is 3. The van der Waals surface area contributed by atoms with Gasteiger partial charge in [-0.15, -0.1) is 11.3 Å². The number of nitrogens with one attached hydrogen (secondary N) is 1. The second-order valence-corrected chi connectivity index (χ2v) is 8.51. The van der Waals surface area contributed by atoms with E-state index in [1.54, 1.807) is 17.4 Å². The summed E-state index contributed by atoms with van der Waals surface area (Å²) in [6.07, 6.45) is 8.15. The molecule has 1 aliphatic rings. The third-order valence-electron chi connectivity index (χ3n) is 5.24. The highest BCUT2D eigenvalue weighted by Gasteiger charge is 2.16. The molecule has 0 aromatic carbocycles. The molecule has 0 saturated carbocycles. The van der Waals surface area contributed by atoms with E-state index in [-0.39, 0.29) is 11.5 Å². The maximum absolute atomic E-state index is 12.5. The summed E-state index contributed by atoms with van der Waals surface area (Å²) in [4.78, 5) is 18.6. The Bertz CT molecular complexity index is 906. The maximum Gasteiger partial charge on any atom is 0.261 e. The van der Waals surface area contributed by atoms with Gasteiger partial charge in [0.2, 0.25) is 0 Å². The fourth-order valence-electron chi connectivity index (χ4n) is 3.74. The van der Waals surface area contributed by atoms with Crippen LogP contribution in [-0.2, 0) is 30.6 Å². The molecule has 0 bridgehead atoms. The molecule has 6 heteroatoms. The van der Waals surface area contributed by atoms with Crippen LogP contribution in [0.5, 0.6) is 0 Å². The molecule has 0 unspecified atom stereocenters. The van der Waals surface area contributed by atoms with Gasteiger partial charge >= 0.3 is 0 Å². The number of amides is 1. The number of fused-ring (bicyclic) bond motifs is 1. The highest BCUT2D eigenvalue weighted by atomic mass is 32.1. The molecule has 2 aromatic rings. The Morgan fingerprint density at radius 1 is 1.39 bits per heavy atom. The number of carbonyl (C=O) groups excluding carboxylic acids is 1. The van der Waals surface area contributed by atoms with Gasteiger partial charge in [-0.2, -0.15) is 5.26 Å². The molecule has 0 saturated heterocycles. The zero-order valence-corrected chi connectivity index (χ0v) is 17.8. The minimum Gasteiger partial charge on any atom is -0.351 e. The monoisotopic (exact) mass is 396 g/mol. The smallest absolute Gasteiger partial charge is 0.261 e. The summed E-state index contributed by atoms with van der Waals surface area (Å²) in [5.41, 5.74) is 4.57. The second-order valence-electron chi connectivity index (χ2n) is 7.34. The van der Waals surface area contributed by atoms with Crippen LogP contribution in [-0.4, -0.2) is 22.0 Å². The molecule has 0 spiro atoms. The van der Waals surface area contributed by atoms with Crippen LogP contribution in [0.4, 0.5) is 0 Å². The molecular formula is C22H28N4OS. The standard InChI is InChI=1S/C22H28N4OS/c1-4-11-26-15(2)12-17(16(26)3)13-18(14-23)22(27)24-10-9-21-25-19-7-5-6-8-20(19)28-21/h12-13H,4-11H2,1-3H3,(H,24,27)/b18-13+. The molecule has 3 rings (SSSR count). The van der Waals surface area contributed by atoms with E-state index in [1.165, 1.54) is 23.4 Å². The topological polar surface area (TPSA) is 70.7 Å². The molecule has 1 aliphatic carbocycles. The molecule has 2 heterocycles. The predicted molar refractivity (Wildman–Crippen MR) is 113 cm³/mol. The van der Waals surface area contributed by atoms with Crippen molar-refractivity contribution in [2.75, 3.05) is 6.54 Å². The first-order valence-electron chi connectivity index (χ1n) is 10.1. The Kier molecular flexibility index (Phi) is 6.69. The number of aromatic nitrogens is 2. The fourth-order valence-corrected chi connectivity index (χ4v) is 4.89. The summed E-state index contributed by atoms with van der Waals surface area (Å²) >= 11 is 1.77. The van der Waals surface area contributed by atoms with Crippen LogP contribution in [0, 0.1) is 25.2 Å². The molecule has 0 radical (unpaired) electrons. The van der Waals surface area contributed by atoms with Crippen LogP contribution in [0.2, 0.25) is 0 Å². The molecule has 1 amide bonds. The van der Waals surface area contributed by atoms with Crippen molar-refractivity contribution in [3.05, 3.63) is 44.2 Å². The molecular weight excluding hydrogens is 368 g/mol. The van der Waals surface area contributed by atoms with Crippen molar-refractivity contribution in [3.63, 3.8) is 0 Å². The summed E-state index contributed by atoms with van der Waals surface area (Å²) in [6.45, 7) is 7.67. The van der Waals surface area contributed by atoms with Crippen molar-refractivity contribution < 1.29 is 4.79 Å². The van der Waals surface area contributed by atoms with Gasteiger partial charge in [0.25, 0.3) is 5.91 Å². The average molecular weight is 397 g/mol. The van der Waals surface area contributed by atoms with Gasteiger partial charge in [-0.05, 0) is 63.7 Å². The van der Waals surface area contributed by atoms with Gasteiger partial charge in [0, 0.05) is 35.8 Å². The van der Waals surface area contributed by atoms with Gasteiger partial charge < -0.3 is 9.88 Å². The molecule has 28 heavy (non-hydrogen) atoms. The number of thiazole rings is 1. The average Bonchev–Trinajstić information content (AvgIpc) is 3.21. The first kappa shape index (κ1) is 20.3. The van der Waals surface area contributed by atoms with Gasteiger partial charge in [0.1, 0.15) is 11.6 Å². The largest absolute Gasteiger partial charge is 0.351 e. The lowest BCUT2D eigenvalue weighted by molar-refractivity contribution is -0.117. The van der Waals surface area contributed by atoms with Crippen molar-refractivity contribution in [3.8, 4) is 6.07 Å². The predicted octanol–water partition coefficient (Wildman–Crippen LogP) is 4.12. The van der Waals surface area contributed by atoms with E-state index in [1.807, 2.05) is 13.0 Å². The number of nitrogens with zero attached hydrogens (tertiary/aromatic N) is 3. The summed E-state index contributed by atoms with van der Waals surface area (Å²) in [5.74, 6) is -0.316. The molecule has 5 nitrogen and oxygen atoms in total. The van der Waals surface area contributed by atoms with Crippen molar-refractivity contribution in [1.82, 2.24) is 14.9 Å². The number of nitriles is 1. The minimum atomic E-state index is -0.316. The SMILES string of the molecule is CCCn1c(C)cc(/C=C(\C#N)C(=O)NCCc2nc3c(s2)CCCC3)c1C. The van der Waals surface area contributed by atoms with Crippen LogP contribution in [0.25, 0.3) is 6.08 Å². The third kappa shape index (κ3) is 4.53. The third-order valence-corrected chi connectivity index (χ3v) is 6.46. The number of carbonyl (C=O) groups is 1. The van der Waals surface area contributed by atoms with Crippen LogP contribution in [0.1, 0.15) is 58.7 Å². The lowest BCUT2D eigenvalue weighted by atomic mass is 10.0. The van der Waals surface area contributed by atoms with Crippen LogP contribution < -0.4 is 5.32 Å². The van der Waals surface area contributed by atoms with Crippen LogP contribution in [0.3, 0.4) is 0 Å². The second kappa shape index (κ2) is 9.20. The Hall–Kier alpha value is -2.39. The quantitative estimate of drug-likeness (QED) is 0.565. The molecule has 0 aliphatic heterocycles. The van der Waals surface area contributed by atoms with E-state index in [2.05, 4.69) is 29.8 Å². The van der Waals surface area contributed by atoms with Crippen molar-refractivity contribution in [1.29, 1.82) is 5.26 Å². The maximum atomic E-state index is 12.5. The minimum absolute atomic E-state index is 0.148. The number of rotatable bonds is 7. The molecule has 148 valence electrons. The van der Waals surface area contributed by atoms with E-state index < -0.39 is 0 Å². The van der Waals surface area contributed by atoms with Crippen LogP contribution in [0.15, 0.2) is 11.6 Å². The van der Waals surface area contributed by atoms with E-state index in [9.17, 15) is 10.1 Å². The zero-order valence-electron chi connectivity index (χ0n) is 17.0. The first-order chi connectivity index (χ1) is 13.5. The first-order valence-corrected chi connectivity index (χ1v) is 10.9. The summed E-state index contributed by atoms with van der Waals surface area (Å²) in [7, 11) is 0. The van der Waals surface area contributed by atoms with Crippen molar-refractivity contribution in [2.24, 2.45) is 0 Å². The zero-order chi connectivity index (χ0) is 20.1. The number of hydrogen-bond donors (Lipinski definition) is 1. The van der Waals surface area contributed by atoms with E-state index in [0.717, 1.165) is 47.8 Å². The molecule has 1 N–H and O–H groups in total. The molecule has 0 fully saturated rings. The van der Waals surface area contributed by atoms with E-state index in [4.69, 9.17) is 4.98 Å². The van der Waals surface area contributed by atoms with Crippen LogP contribution >= 0.6 is 11.3 Å². The lowest BCUT2D eigenvalue weighted by Gasteiger charge is -2.07. The van der Waals surface area contributed by atoms with Gasteiger partial charge in [-0.3, -0.25) is 4.79 Å². The Morgan fingerprint density at radius 3 is 2.89 bits per heavy atom. The summed E-state index contributed by atoms with van der Waals surface area (Å²) in [6, 6.07) is 4.09. The van der Waals surface area contributed by atoms with E-state index in [0.29, 0.717) is 13.0 Å². The highest BCUT2D eigenvalue weighted by molar-refractivity contribution is 7.11. The Labute approximate surface area is 171 Å². The Morgan fingerprint density at radius 2 is 2.18 bits per heavy atom. The molecule has 2 aromatic heterocycles. The van der Waals surface area contributed by atoms with Gasteiger partial charge in [-0.1, -0.05) is 6.92 Å².